The maximum Gasteiger partial charge on any atom is 0.344 e. The Morgan fingerprint density at radius 2 is 1.52 bits per heavy atom. The lowest BCUT2D eigenvalue weighted by atomic mass is 10.1. The molecule has 3 aromatic carbocycles. The first-order valence-electron chi connectivity index (χ1n) is 7.11. The normalized spacial score (nSPS) is 10.5. The fourth-order valence-electron chi connectivity index (χ4n) is 2.48. The van der Waals surface area contributed by atoms with Crippen molar-refractivity contribution in [3.8, 4) is 5.75 Å². The molecule has 23 heavy (non-hydrogen) atoms. The summed E-state index contributed by atoms with van der Waals surface area (Å²) in [5, 5.41) is 11.0. The number of carbonyl (C=O) groups is 2. The van der Waals surface area contributed by atoms with Crippen molar-refractivity contribution in [2.75, 3.05) is 0 Å². The van der Waals surface area contributed by atoms with Crippen LogP contribution < -0.4 is 4.74 Å². The van der Waals surface area contributed by atoms with Gasteiger partial charge < -0.3 is 9.84 Å². The van der Waals surface area contributed by atoms with E-state index in [1.54, 1.807) is 12.1 Å². The number of esters is 1. The van der Waals surface area contributed by atoms with E-state index in [0.29, 0.717) is 5.75 Å². The number of aryl methyl sites for hydroxylation is 1. The van der Waals surface area contributed by atoms with E-state index in [-0.39, 0.29) is 11.1 Å². The lowest BCUT2D eigenvalue weighted by molar-refractivity contribution is 0.0668. The number of hydrogen-bond acceptors (Lipinski definition) is 3. The van der Waals surface area contributed by atoms with Gasteiger partial charge in [-0.25, -0.2) is 9.59 Å². The van der Waals surface area contributed by atoms with Crippen LogP contribution in [0.5, 0.6) is 5.75 Å². The van der Waals surface area contributed by atoms with Gasteiger partial charge in [0.05, 0.1) is 11.1 Å². The number of carboxylic acid groups (broad SMARTS) is 1. The van der Waals surface area contributed by atoms with Gasteiger partial charge in [0.1, 0.15) is 5.75 Å². The second-order valence-corrected chi connectivity index (χ2v) is 5.17. The first-order valence-corrected chi connectivity index (χ1v) is 7.11. The van der Waals surface area contributed by atoms with Gasteiger partial charge in [0, 0.05) is 5.39 Å². The predicted molar refractivity (Wildman–Crippen MR) is 87.0 cm³/mol. The van der Waals surface area contributed by atoms with E-state index >= 15 is 0 Å². The Balaban J connectivity index is 2.05. The van der Waals surface area contributed by atoms with Crippen LogP contribution in [0, 0.1) is 6.92 Å². The highest BCUT2D eigenvalue weighted by Crippen LogP contribution is 2.30. The molecule has 0 amide bonds. The average molecular weight is 306 g/mol. The number of fused-ring (bicyclic) bond motifs is 1. The summed E-state index contributed by atoms with van der Waals surface area (Å²) in [7, 11) is 0. The van der Waals surface area contributed by atoms with Gasteiger partial charge in [-0.15, -0.1) is 0 Å². The van der Waals surface area contributed by atoms with Gasteiger partial charge in [-0.1, -0.05) is 48.5 Å². The second kappa shape index (κ2) is 5.93. The van der Waals surface area contributed by atoms with Gasteiger partial charge in [0.2, 0.25) is 0 Å². The molecule has 0 atom stereocenters. The first kappa shape index (κ1) is 14.8. The summed E-state index contributed by atoms with van der Waals surface area (Å²) in [6, 6.07) is 17.4. The Labute approximate surface area is 132 Å². The molecular weight excluding hydrogens is 292 g/mol. The molecule has 0 unspecified atom stereocenters. The molecule has 0 saturated heterocycles. The van der Waals surface area contributed by atoms with Crippen LogP contribution >= 0.6 is 0 Å². The zero-order valence-corrected chi connectivity index (χ0v) is 12.4. The van der Waals surface area contributed by atoms with Crippen LogP contribution in [0.1, 0.15) is 26.3 Å². The van der Waals surface area contributed by atoms with Crippen LogP contribution in [0.4, 0.5) is 0 Å². The number of carbonyl (C=O) groups excluding carboxylic acids is 1. The van der Waals surface area contributed by atoms with Crippen molar-refractivity contribution >= 4 is 22.7 Å². The molecule has 1 N–H and O–H groups in total. The minimum absolute atomic E-state index is 0.0346. The highest BCUT2D eigenvalue weighted by molar-refractivity contribution is 6.04. The van der Waals surface area contributed by atoms with Crippen molar-refractivity contribution in [1.29, 1.82) is 0 Å². The van der Waals surface area contributed by atoms with Crippen LogP contribution in [0.15, 0.2) is 60.7 Å². The minimum Gasteiger partial charge on any atom is -0.478 e. The molecular formula is C19H14O4. The SMILES string of the molecule is Cc1ccc2ccccc2c1OC(=O)c1ccccc1C(=O)O. The van der Waals surface area contributed by atoms with E-state index in [9.17, 15) is 14.7 Å². The quantitative estimate of drug-likeness (QED) is 0.585. The molecule has 0 aromatic heterocycles. The van der Waals surface area contributed by atoms with Crippen molar-refractivity contribution in [1.82, 2.24) is 0 Å². The van der Waals surface area contributed by atoms with Crippen molar-refractivity contribution < 1.29 is 19.4 Å². The molecule has 0 aliphatic heterocycles. The number of aromatic carboxylic acids is 1. The molecule has 0 fully saturated rings. The van der Waals surface area contributed by atoms with E-state index < -0.39 is 11.9 Å². The van der Waals surface area contributed by atoms with Gasteiger partial charge in [-0.3, -0.25) is 0 Å². The number of hydrogen-bond donors (Lipinski definition) is 1. The molecule has 0 spiro atoms. The summed E-state index contributed by atoms with van der Waals surface area (Å²) in [4.78, 5) is 23.7. The summed E-state index contributed by atoms with van der Waals surface area (Å²) < 4.78 is 5.53. The van der Waals surface area contributed by atoms with Gasteiger partial charge in [0.15, 0.2) is 0 Å². The molecule has 0 radical (unpaired) electrons. The van der Waals surface area contributed by atoms with Crippen molar-refractivity contribution in [3.63, 3.8) is 0 Å². The number of ether oxygens (including phenoxy) is 1. The molecule has 0 heterocycles. The standard InChI is InChI=1S/C19H14O4/c1-12-10-11-13-6-2-3-7-14(13)17(12)23-19(22)16-9-5-4-8-15(16)18(20)21/h2-11H,1H3,(H,20,21). The monoisotopic (exact) mass is 306 g/mol. The van der Waals surface area contributed by atoms with E-state index in [1.807, 2.05) is 43.3 Å². The Kier molecular flexibility index (Phi) is 3.81. The molecule has 114 valence electrons. The lowest BCUT2D eigenvalue weighted by Crippen LogP contribution is -2.14. The maximum atomic E-state index is 12.4. The zero-order valence-electron chi connectivity index (χ0n) is 12.4. The van der Waals surface area contributed by atoms with Gasteiger partial charge >= 0.3 is 11.9 Å². The average Bonchev–Trinajstić information content (AvgIpc) is 2.57. The summed E-state index contributed by atoms with van der Waals surface area (Å²) in [5.41, 5.74) is 0.771. The fourth-order valence-corrected chi connectivity index (χ4v) is 2.48. The van der Waals surface area contributed by atoms with Crippen molar-refractivity contribution in [3.05, 3.63) is 77.4 Å². The Hall–Kier alpha value is -3.14. The summed E-state index contributed by atoms with van der Waals surface area (Å²) in [5.74, 6) is -1.39. The second-order valence-electron chi connectivity index (χ2n) is 5.17. The van der Waals surface area contributed by atoms with Crippen LogP contribution in [-0.4, -0.2) is 17.0 Å². The van der Waals surface area contributed by atoms with E-state index in [0.717, 1.165) is 16.3 Å². The Bertz CT molecular complexity index is 912. The lowest BCUT2D eigenvalue weighted by Gasteiger charge is -2.12. The highest BCUT2D eigenvalue weighted by atomic mass is 16.5. The molecule has 0 saturated carbocycles. The molecule has 0 aliphatic carbocycles. The van der Waals surface area contributed by atoms with Crippen molar-refractivity contribution in [2.24, 2.45) is 0 Å². The van der Waals surface area contributed by atoms with Crippen LogP contribution in [0.25, 0.3) is 10.8 Å². The van der Waals surface area contributed by atoms with Gasteiger partial charge in [-0.2, -0.15) is 0 Å². The van der Waals surface area contributed by atoms with Crippen molar-refractivity contribution in [2.45, 2.75) is 6.92 Å². The largest absolute Gasteiger partial charge is 0.478 e. The number of rotatable bonds is 3. The smallest absolute Gasteiger partial charge is 0.344 e. The third-order valence-corrected chi connectivity index (χ3v) is 3.65. The summed E-state index contributed by atoms with van der Waals surface area (Å²) >= 11 is 0. The molecule has 4 heteroatoms. The number of benzene rings is 3. The van der Waals surface area contributed by atoms with E-state index in [4.69, 9.17) is 4.74 Å². The minimum atomic E-state index is -1.16. The van der Waals surface area contributed by atoms with E-state index in [1.165, 1.54) is 12.1 Å². The Morgan fingerprint density at radius 1 is 0.870 bits per heavy atom. The third kappa shape index (κ3) is 2.79. The molecule has 0 bridgehead atoms. The topological polar surface area (TPSA) is 63.6 Å². The van der Waals surface area contributed by atoms with E-state index in [2.05, 4.69) is 0 Å². The molecule has 3 rings (SSSR count). The third-order valence-electron chi connectivity index (χ3n) is 3.65. The van der Waals surface area contributed by atoms with Gasteiger partial charge in [-0.05, 0) is 30.0 Å². The highest BCUT2D eigenvalue weighted by Gasteiger charge is 2.19. The number of carboxylic acids is 1. The molecule has 0 aliphatic rings. The molecule has 3 aromatic rings. The summed E-state index contributed by atoms with van der Waals surface area (Å²) in [6.45, 7) is 1.85. The van der Waals surface area contributed by atoms with Crippen LogP contribution in [-0.2, 0) is 0 Å². The fraction of sp³-hybridized carbons (Fsp3) is 0.0526. The maximum absolute atomic E-state index is 12.4. The van der Waals surface area contributed by atoms with Crippen LogP contribution in [0.3, 0.4) is 0 Å². The predicted octanol–water partition coefficient (Wildman–Crippen LogP) is 4.07. The van der Waals surface area contributed by atoms with Crippen LogP contribution in [0.2, 0.25) is 0 Å². The first-order chi connectivity index (χ1) is 11.1. The zero-order chi connectivity index (χ0) is 16.4. The Morgan fingerprint density at radius 3 is 2.26 bits per heavy atom. The molecule has 4 nitrogen and oxygen atoms in total. The summed E-state index contributed by atoms with van der Waals surface area (Å²) in [6.07, 6.45) is 0. The van der Waals surface area contributed by atoms with Gasteiger partial charge in [0.25, 0.3) is 0 Å².